The second kappa shape index (κ2) is 10.6. The maximum Gasteiger partial charge on any atom is 0.261 e. The van der Waals surface area contributed by atoms with Crippen LogP contribution in [0.4, 0.5) is 4.39 Å². The Morgan fingerprint density at radius 2 is 1.69 bits per heavy atom. The molecular weight excluding hydrogens is 425 g/mol. The summed E-state index contributed by atoms with van der Waals surface area (Å²) < 4.78 is 32.0. The molecule has 0 saturated carbocycles. The van der Waals surface area contributed by atoms with Crippen LogP contribution in [0.3, 0.4) is 0 Å². The highest BCUT2D eigenvalue weighted by Crippen LogP contribution is 2.37. The van der Waals surface area contributed by atoms with E-state index in [9.17, 15) is 4.39 Å². The molecule has 2 aromatic carbocycles. The van der Waals surface area contributed by atoms with Crippen LogP contribution in [-0.2, 0) is 13.9 Å². The van der Waals surface area contributed by atoms with Gasteiger partial charge in [-0.3, -0.25) is 0 Å². The van der Waals surface area contributed by atoms with Crippen molar-refractivity contribution in [1.29, 1.82) is 0 Å². The summed E-state index contributed by atoms with van der Waals surface area (Å²) >= 11 is 0. The zero-order valence-corrected chi connectivity index (χ0v) is 20.1. The van der Waals surface area contributed by atoms with E-state index in [0.717, 1.165) is 0 Å². The Bertz CT molecular complexity index is 864. The molecule has 1 heterocycles. The molecule has 4 atom stereocenters. The van der Waals surface area contributed by atoms with E-state index in [1.165, 1.54) is 10.4 Å². The maximum absolute atomic E-state index is 13.2. The smallest absolute Gasteiger partial charge is 0.261 e. The minimum atomic E-state index is -2.72. The monoisotopic (exact) mass is 457 g/mol. The van der Waals surface area contributed by atoms with Crippen LogP contribution in [-0.4, -0.2) is 46.1 Å². The Balaban J connectivity index is 1.94. The lowest BCUT2D eigenvalue weighted by molar-refractivity contribution is -0.0730. The minimum absolute atomic E-state index is 0.0564. The average Bonchev–Trinajstić information content (AvgIpc) is 3.13. The van der Waals surface area contributed by atoms with Crippen molar-refractivity contribution in [1.82, 2.24) is 0 Å². The summed E-state index contributed by atoms with van der Waals surface area (Å²) in [4.78, 5) is 2.68. The normalized spacial score (nSPS) is 22.3. The molecule has 3 rings (SSSR count). The first-order valence-electron chi connectivity index (χ1n) is 11.0. The van der Waals surface area contributed by atoms with Crippen molar-refractivity contribution in [2.45, 2.75) is 63.7 Å². The molecule has 0 aliphatic carbocycles. The second-order valence-corrected chi connectivity index (χ2v) is 13.5. The Hall–Kier alpha value is -2.22. The van der Waals surface area contributed by atoms with Gasteiger partial charge in [0.05, 0.1) is 18.8 Å². The molecule has 2 unspecified atom stereocenters. The van der Waals surface area contributed by atoms with Gasteiger partial charge in [-0.25, -0.2) is 4.39 Å². The molecule has 8 heteroatoms. The summed E-state index contributed by atoms with van der Waals surface area (Å²) in [5.74, 6) is 0. The van der Waals surface area contributed by atoms with Crippen molar-refractivity contribution in [2.24, 2.45) is 5.11 Å². The predicted molar refractivity (Wildman–Crippen MR) is 126 cm³/mol. The molecule has 2 aromatic rings. The van der Waals surface area contributed by atoms with Gasteiger partial charge in [0, 0.05) is 11.3 Å². The lowest BCUT2D eigenvalue weighted by Crippen LogP contribution is -2.67. The van der Waals surface area contributed by atoms with Crippen LogP contribution in [0.1, 0.15) is 34.1 Å². The quantitative estimate of drug-likeness (QED) is 0.236. The molecule has 1 aliphatic rings. The highest BCUT2D eigenvalue weighted by molar-refractivity contribution is 6.99. The van der Waals surface area contributed by atoms with Crippen molar-refractivity contribution in [3.63, 3.8) is 0 Å². The van der Waals surface area contributed by atoms with Gasteiger partial charge in [-0.2, -0.15) is 0 Å². The predicted octanol–water partition coefficient (Wildman–Crippen LogP) is 4.73. The van der Waals surface area contributed by atoms with Crippen LogP contribution in [0.15, 0.2) is 65.8 Å². The summed E-state index contributed by atoms with van der Waals surface area (Å²) in [6, 6.07) is 20.7. The molecule has 0 aromatic heterocycles. The Labute approximate surface area is 190 Å². The van der Waals surface area contributed by atoms with E-state index in [2.05, 4.69) is 55.1 Å². The van der Waals surface area contributed by atoms with Gasteiger partial charge < -0.3 is 13.9 Å². The summed E-state index contributed by atoms with van der Waals surface area (Å²) in [5, 5.41) is 5.60. The second-order valence-electron chi connectivity index (χ2n) is 9.18. The third-order valence-corrected chi connectivity index (χ3v) is 10.9. The third kappa shape index (κ3) is 5.22. The van der Waals surface area contributed by atoms with Gasteiger partial charge in [-0.15, -0.1) is 0 Å². The zero-order chi connectivity index (χ0) is 23.2. The number of rotatable bonds is 9. The Morgan fingerprint density at radius 3 is 2.16 bits per heavy atom. The Kier molecular flexibility index (Phi) is 8.09. The van der Waals surface area contributed by atoms with Crippen LogP contribution in [0.2, 0.25) is 5.04 Å². The highest BCUT2D eigenvalue weighted by atomic mass is 28.4. The SMILES string of the molecule is C[C@H]1CC(OC(CF)N=[N+]=[N-])[C@@H](CO[Si](c2ccccc2)(c2ccccc2)C(C)(C)C)O1. The van der Waals surface area contributed by atoms with Crippen LogP contribution in [0.25, 0.3) is 10.4 Å². The van der Waals surface area contributed by atoms with Crippen LogP contribution < -0.4 is 10.4 Å². The van der Waals surface area contributed by atoms with Crippen molar-refractivity contribution < 1.29 is 18.3 Å². The summed E-state index contributed by atoms with van der Waals surface area (Å²) in [6.07, 6.45) is -1.41. The van der Waals surface area contributed by atoms with E-state index in [4.69, 9.17) is 19.4 Å². The first-order valence-corrected chi connectivity index (χ1v) is 12.9. The molecule has 0 spiro atoms. The van der Waals surface area contributed by atoms with Crippen LogP contribution >= 0.6 is 0 Å². The number of nitrogens with zero attached hydrogens (tertiary/aromatic N) is 3. The molecule has 0 N–H and O–H groups in total. The van der Waals surface area contributed by atoms with Gasteiger partial charge in [0.1, 0.15) is 12.8 Å². The van der Waals surface area contributed by atoms with Crippen molar-refractivity contribution >= 4 is 18.7 Å². The van der Waals surface area contributed by atoms with Crippen molar-refractivity contribution in [3.8, 4) is 0 Å². The molecule has 0 bridgehead atoms. The molecule has 32 heavy (non-hydrogen) atoms. The van der Waals surface area contributed by atoms with E-state index >= 15 is 0 Å². The molecule has 1 saturated heterocycles. The third-order valence-electron chi connectivity index (χ3n) is 5.91. The first kappa shape index (κ1) is 24.4. The zero-order valence-electron chi connectivity index (χ0n) is 19.1. The first-order chi connectivity index (χ1) is 15.3. The fourth-order valence-electron chi connectivity index (χ4n) is 4.53. The topological polar surface area (TPSA) is 76.5 Å². The van der Waals surface area contributed by atoms with E-state index < -0.39 is 27.3 Å². The van der Waals surface area contributed by atoms with Crippen LogP contribution in [0, 0.1) is 0 Å². The minimum Gasteiger partial charge on any atom is -0.405 e. The lowest BCUT2D eigenvalue weighted by Gasteiger charge is -2.43. The van der Waals surface area contributed by atoms with Gasteiger partial charge in [0.15, 0.2) is 6.23 Å². The summed E-state index contributed by atoms with van der Waals surface area (Å²) in [6.45, 7) is 8.02. The van der Waals surface area contributed by atoms with Gasteiger partial charge >= 0.3 is 0 Å². The highest BCUT2D eigenvalue weighted by Gasteiger charge is 2.51. The number of alkyl halides is 1. The van der Waals surface area contributed by atoms with Gasteiger partial charge in [-0.1, -0.05) is 86.5 Å². The van der Waals surface area contributed by atoms with Crippen LogP contribution in [0.5, 0.6) is 0 Å². The van der Waals surface area contributed by atoms with Crippen molar-refractivity contribution in [2.75, 3.05) is 13.3 Å². The molecule has 0 radical (unpaired) electrons. The van der Waals surface area contributed by atoms with E-state index in [-0.39, 0.29) is 17.2 Å². The summed E-state index contributed by atoms with van der Waals surface area (Å²) in [5.41, 5.74) is 8.67. The number of azide groups is 1. The van der Waals surface area contributed by atoms with Gasteiger partial charge in [-0.05, 0) is 27.9 Å². The van der Waals surface area contributed by atoms with Crippen molar-refractivity contribution in [3.05, 3.63) is 71.1 Å². The molecule has 0 amide bonds. The van der Waals surface area contributed by atoms with Gasteiger partial charge in [0.25, 0.3) is 8.32 Å². The maximum atomic E-state index is 13.2. The fourth-order valence-corrected chi connectivity index (χ4v) is 9.10. The van der Waals surface area contributed by atoms with E-state index in [1.54, 1.807) is 0 Å². The number of hydrogen-bond acceptors (Lipinski definition) is 4. The fraction of sp³-hybridized carbons (Fsp3) is 0.500. The largest absolute Gasteiger partial charge is 0.405 e. The Morgan fingerprint density at radius 1 is 1.12 bits per heavy atom. The summed E-state index contributed by atoms with van der Waals surface area (Å²) in [7, 11) is -2.72. The molecule has 6 nitrogen and oxygen atoms in total. The standard InChI is InChI=1S/C24H32FN3O3Si/c1-18-15-21(31-23(16-25)27-28-26)22(30-18)17-29-32(24(2,3)4,19-11-7-5-8-12-19)20-13-9-6-10-14-20/h5-14,18,21-23H,15-17H2,1-4H3/t18-,21?,22+,23?/m0/s1. The van der Waals surface area contributed by atoms with E-state index in [1.807, 2.05) is 43.3 Å². The molecule has 1 aliphatic heterocycles. The average molecular weight is 458 g/mol. The lowest BCUT2D eigenvalue weighted by atomic mass is 10.1. The number of halogens is 1. The number of benzene rings is 2. The molecule has 172 valence electrons. The molecule has 1 fully saturated rings. The number of hydrogen-bond donors (Lipinski definition) is 0. The number of ether oxygens (including phenoxy) is 2. The van der Waals surface area contributed by atoms with E-state index in [0.29, 0.717) is 13.0 Å². The molecular formula is C24H32FN3O3Si. The van der Waals surface area contributed by atoms with Gasteiger partial charge in [0.2, 0.25) is 0 Å².